The number of hydrogen-bond acceptors (Lipinski definition) is 6. The number of nitrogens with zero attached hydrogens (tertiary/aromatic N) is 4. The van der Waals surface area contributed by atoms with E-state index in [1.807, 2.05) is 0 Å². The largest absolute Gasteiger partial charge is 0.457 e. The van der Waals surface area contributed by atoms with Gasteiger partial charge in [-0.25, -0.2) is 14.3 Å². The quantitative estimate of drug-likeness (QED) is 0.674. The summed E-state index contributed by atoms with van der Waals surface area (Å²) in [5.41, 5.74) is -1.10. The standard InChI is InChI=1S/C20H23F3N4O4/c1-19(2,3)31-18(29)26-10-8-15(9-11-26)30-17(28)16-12-27(25-24-16)14-6-4-13(5-7-14)20(21,22)23/h4-7,12,15H,8-11H2,1-3H3. The van der Waals surface area contributed by atoms with Crippen molar-refractivity contribution in [1.29, 1.82) is 0 Å². The third-order valence-electron chi connectivity index (χ3n) is 4.53. The zero-order valence-electron chi connectivity index (χ0n) is 17.3. The maximum atomic E-state index is 12.7. The van der Waals surface area contributed by atoms with Gasteiger partial charge in [0.2, 0.25) is 0 Å². The van der Waals surface area contributed by atoms with Crippen molar-refractivity contribution < 1.29 is 32.2 Å². The molecule has 168 valence electrons. The van der Waals surface area contributed by atoms with Crippen molar-refractivity contribution >= 4 is 12.1 Å². The van der Waals surface area contributed by atoms with Gasteiger partial charge >= 0.3 is 18.2 Å². The number of rotatable bonds is 3. The molecule has 0 unspecified atom stereocenters. The smallest absolute Gasteiger partial charge is 0.416 e. The number of hydrogen-bond donors (Lipinski definition) is 0. The van der Waals surface area contributed by atoms with Crippen LogP contribution in [0.15, 0.2) is 30.5 Å². The lowest BCUT2D eigenvalue weighted by Crippen LogP contribution is -2.43. The highest BCUT2D eigenvalue weighted by Gasteiger charge is 2.31. The van der Waals surface area contributed by atoms with Gasteiger partial charge in [-0.2, -0.15) is 13.2 Å². The fraction of sp³-hybridized carbons (Fsp3) is 0.500. The van der Waals surface area contributed by atoms with Crippen LogP contribution in [0.5, 0.6) is 0 Å². The van der Waals surface area contributed by atoms with Gasteiger partial charge in [-0.15, -0.1) is 5.10 Å². The number of benzene rings is 1. The van der Waals surface area contributed by atoms with E-state index in [1.54, 1.807) is 25.7 Å². The zero-order valence-corrected chi connectivity index (χ0v) is 17.3. The van der Waals surface area contributed by atoms with Crippen molar-refractivity contribution in [2.75, 3.05) is 13.1 Å². The van der Waals surface area contributed by atoms with Crippen LogP contribution in [0.4, 0.5) is 18.0 Å². The van der Waals surface area contributed by atoms with Crippen molar-refractivity contribution in [3.63, 3.8) is 0 Å². The summed E-state index contributed by atoms with van der Waals surface area (Å²) >= 11 is 0. The molecule has 2 heterocycles. The minimum Gasteiger partial charge on any atom is -0.457 e. The molecule has 0 radical (unpaired) electrons. The van der Waals surface area contributed by atoms with E-state index in [-0.39, 0.29) is 11.8 Å². The van der Waals surface area contributed by atoms with E-state index < -0.39 is 29.4 Å². The molecule has 0 aliphatic carbocycles. The predicted molar refractivity (Wildman–Crippen MR) is 103 cm³/mol. The van der Waals surface area contributed by atoms with Crippen LogP contribution in [0, 0.1) is 0 Å². The van der Waals surface area contributed by atoms with Crippen LogP contribution in [0.3, 0.4) is 0 Å². The normalized spacial score (nSPS) is 15.6. The lowest BCUT2D eigenvalue weighted by Gasteiger charge is -2.33. The lowest BCUT2D eigenvalue weighted by atomic mass is 10.1. The molecule has 1 fully saturated rings. The predicted octanol–water partition coefficient (Wildman–Crippen LogP) is 3.84. The highest BCUT2D eigenvalue weighted by Crippen LogP contribution is 2.29. The molecule has 3 rings (SSSR count). The molecule has 0 spiro atoms. The third-order valence-corrected chi connectivity index (χ3v) is 4.53. The molecule has 1 aromatic heterocycles. The molecule has 1 saturated heterocycles. The monoisotopic (exact) mass is 440 g/mol. The number of piperidine rings is 1. The minimum atomic E-state index is -4.44. The third kappa shape index (κ3) is 5.96. The average molecular weight is 440 g/mol. The first-order valence-corrected chi connectivity index (χ1v) is 9.71. The van der Waals surface area contributed by atoms with Gasteiger partial charge in [0.25, 0.3) is 0 Å². The number of ether oxygens (including phenoxy) is 2. The summed E-state index contributed by atoms with van der Waals surface area (Å²) < 4.78 is 50.0. The van der Waals surface area contributed by atoms with Crippen LogP contribution in [-0.2, 0) is 15.7 Å². The second-order valence-electron chi connectivity index (χ2n) is 8.17. The molecule has 1 aromatic carbocycles. The van der Waals surface area contributed by atoms with Crippen LogP contribution in [0.25, 0.3) is 5.69 Å². The van der Waals surface area contributed by atoms with Crippen molar-refractivity contribution in [2.45, 2.75) is 51.5 Å². The summed E-state index contributed by atoms with van der Waals surface area (Å²) in [6.45, 7) is 6.15. The highest BCUT2D eigenvalue weighted by molar-refractivity contribution is 5.87. The van der Waals surface area contributed by atoms with E-state index in [0.29, 0.717) is 31.6 Å². The molecule has 0 saturated carbocycles. The second-order valence-corrected chi connectivity index (χ2v) is 8.17. The SMILES string of the molecule is CC(C)(C)OC(=O)N1CCC(OC(=O)c2cn(-c3ccc(C(F)(F)F)cc3)nn2)CC1. The summed E-state index contributed by atoms with van der Waals surface area (Å²) in [6.07, 6.45) is -3.02. The fourth-order valence-electron chi connectivity index (χ4n) is 2.98. The van der Waals surface area contributed by atoms with Gasteiger partial charge in [-0.1, -0.05) is 5.21 Å². The number of alkyl halides is 3. The fourth-order valence-corrected chi connectivity index (χ4v) is 2.98. The Labute approximate surface area is 176 Å². The van der Waals surface area contributed by atoms with Crippen LogP contribution < -0.4 is 0 Å². The molecule has 0 atom stereocenters. The van der Waals surface area contributed by atoms with Gasteiger partial charge in [0.1, 0.15) is 11.7 Å². The number of likely N-dealkylation sites (tertiary alicyclic amines) is 1. The molecule has 1 aliphatic rings. The summed E-state index contributed by atoms with van der Waals surface area (Å²) in [5, 5.41) is 7.52. The van der Waals surface area contributed by atoms with E-state index >= 15 is 0 Å². The number of carbonyl (C=O) groups is 2. The Hall–Kier alpha value is -3.11. The van der Waals surface area contributed by atoms with Gasteiger partial charge in [-0.3, -0.25) is 0 Å². The van der Waals surface area contributed by atoms with Gasteiger partial charge in [0.15, 0.2) is 5.69 Å². The van der Waals surface area contributed by atoms with Gasteiger partial charge < -0.3 is 14.4 Å². The molecule has 11 heteroatoms. The summed E-state index contributed by atoms with van der Waals surface area (Å²) in [5.74, 6) is -0.686. The Balaban J connectivity index is 1.54. The first-order chi connectivity index (χ1) is 14.4. The number of halogens is 3. The summed E-state index contributed by atoms with van der Waals surface area (Å²) in [4.78, 5) is 26.0. The van der Waals surface area contributed by atoms with E-state index in [0.717, 1.165) is 12.1 Å². The maximum absolute atomic E-state index is 12.7. The molecular formula is C20H23F3N4O4. The van der Waals surface area contributed by atoms with E-state index in [2.05, 4.69) is 10.3 Å². The summed E-state index contributed by atoms with van der Waals surface area (Å²) in [6, 6.07) is 4.32. The highest BCUT2D eigenvalue weighted by atomic mass is 19.4. The topological polar surface area (TPSA) is 86.5 Å². The average Bonchev–Trinajstić information content (AvgIpc) is 3.17. The number of carbonyl (C=O) groups excluding carboxylic acids is 2. The lowest BCUT2D eigenvalue weighted by molar-refractivity contribution is -0.137. The van der Waals surface area contributed by atoms with Crippen LogP contribution in [-0.4, -0.2) is 56.8 Å². The molecular weight excluding hydrogens is 417 g/mol. The number of esters is 1. The summed E-state index contributed by atoms with van der Waals surface area (Å²) in [7, 11) is 0. The maximum Gasteiger partial charge on any atom is 0.416 e. The van der Waals surface area contributed by atoms with Crippen molar-refractivity contribution in [2.24, 2.45) is 0 Å². The molecule has 0 N–H and O–H groups in total. The number of aromatic nitrogens is 3. The molecule has 1 aliphatic heterocycles. The van der Waals surface area contributed by atoms with E-state index in [4.69, 9.17) is 9.47 Å². The van der Waals surface area contributed by atoms with Crippen molar-refractivity contribution in [1.82, 2.24) is 19.9 Å². The Morgan fingerprint density at radius 3 is 2.23 bits per heavy atom. The molecule has 0 bridgehead atoms. The Morgan fingerprint density at radius 1 is 1.06 bits per heavy atom. The Bertz CT molecular complexity index is 927. The molecule has 1 amide bonds. The molecule has 31 heavy (non-hydrogen) atoms. The first-order valence-electron chi connectivity index (χ1n) is 9.71. The molecule has 8 nitrogen and oxygen atoms in total. The second kappa shape index (κ2) is 8.56. The first kappa shape index (κ1) is 22.6. The Kier molecular flexibility index (Phi) is 6.23. The van der Waals surface area contributed by atoms with Crippen LogP contribution >= 0.6 is 0 Å². The minimum absolute atomic E-state index is 0.0607. The van der Waals surface area contributed by atoms with Crippen LogP contribution in [0.1, 0.15) is 49.7 Å². The van der Waals surface area contributed by atoms with E-state index in [9.17, 15) is 22.8 Å². The van der Waals surface area contributed by atoms with Gasteiger partial charge in [0, 0.05) is 25.9 Å². The zero-order chi connectivity index (χ0) is 22.8. The van der Waals surface area contributed by atoms with Gasteiger partial charge in [0.05, 0.1) is 17.4 Å². The Morgan fingerprint density at radius 2 is 1.68 bits per heavy atom. The van der Waals surface area contributed by atoms with Crippen molar-refractivity contribution in [3.05, 3.63) is 41.7 Å². The number of amides is 1. The molecule has 2 aromatic rings. The van der Waals surface area contributed by atoms with Crippen molar-refractivity contribution in [3.8, 4) is 5.69 Å². The van der Waals surface area contributed by atoms with E-state index in [1.165, 1.54) is 23.0 Å². The van der Waals surface area contributed by atoms with Gasteiger partial charge in [-0.05, 0) is 45.0 Å². The van der Waals surface area contributed by atoms with Crippen LogP contribution in [0.2, 0.25) is 0 Å².